The average Bonchev–Trinajstić information content (AvgIpc) is 3.50. The number of carbonyl (C=O) groups is 3. The molecule has 232 valence electrons. The molecule has 43 heavy (non-hydrogen) atoms. The van der Waals surface area contributed by atoms with Crippen LogP contribution in [0.4, 0.5) is 9.18 Å². The number of ether oxygens (including phenoxy) is 2. The molecule has 10 nitrogen and oxygen atoms in total. The van der Waals surface area contributed by atoms with Crippen LogP contribution in [-0.2, 0) is 20.7 Å². The number of amides is 2. The fourth-order valence-electron chi connectivity index (χ4n) is 7.44. The van der Waals surface area contributed by atoms with Gasteiger partial charge in [0.1, 0.15) is 35.8 Å². The van der Waals surface area contributed by atoms with Crippen LogP contribution >= 0.6 is 0 Å². The Bertz CT molecular complexity index is 1430. The number of benzene rings is 1. The maximum atomic E-state index is 14.1. The number of aryl methyl sites for hydroxylation is 1. The van der Waals surface area contributed by atoms with Gasteiger partial charge in [0.2, 0.25) is 11.8 Å². The summed E-state index contributed by atoms with van der Waals surface area (Å²) in [6, 6.07) is 2.05. The molecule has 2 aliphatic carbocycles. The number of carbonyl (C=O) groups excluding carboxylic acids is 2. The van der Waals surface area contributed by atoms with Crippen LogP contribution in [0.3, 0.4) is 0 Å². The van der Waals surface area contributed by atoms with Crippen molar-refractivity contribution in [1.29, 1.82) is 0 Å². The second-order valence-corrected chi connectivity index (χ2v) is 13.9. The van der Waals surface area contributed by atoms with Gasteiger partial charge in [-0.05, 0) is 67.4 Å². The maximum Gasteiger partial charge on any atom is 0.408 e. The Morgan fingerprint density at radius 3 is 2.58 bits per heavy atom. The predicted molar refractivity (Wildman–Crippen MR) is 155 cm³/mol. The van der Waals surface area contributed by atoms with E-state index in [9.17, 15) is 23.9 Å². The number of aromatic nitrogens is 2. The Labute approximate surface area is 250 Å². The lowest BCUT2D eigenvalue weighted by atomic mass is 9.85. The van der Waals surface area contributed by atoms with Crippen LogP contribution in [0.15, 0.2) is 18.2 Å². The van der Waals surface area contributed by atoms with Crippen molar-refractivity contribution in [2.75, 3.05) is 6.54 Å². The molecule has 2 saturated carbocycles. The summed E-state index contributed by atoms with van der Waals surface area (Å²) in [6.45, 7) is 7.20. The molecule has 0 spiro atoms. The van der Waals surface area contributed by atoms with E-state index in [1.165, 1.54) is 23.5 Å². The number of rotatable bonds is 1. The topological polar surface area (TPSA) is 131 Å². The summed E-state index contributed by atoms with van der Waals surface area (Å²) >= 11 is 0. The molecule has 2 bridgehead atoms. The molecule has 11 heteroatoms. The number of fused-ring (bicyclic) bond motifs is 7. The molecule has 1 aromatic carbocycles. The Balaban J connectivity index is 1.36. The Morgan fingerprint density at radius 2 is 1.84 bits per heavy atom. The molecule has 2 amide bonds. The number of alkyl carbamates (subject to hydrolysis) is 1. The van der Waals surface area contributed by atoms with Gasteiger partial charge in [0.15, 0.2) is 0 Å². The molecule has 1 unspecified atom stereocenters. The summed E-state index contributed by atoms with van der Waals surface area (Å²) in [5.74, 6) is -1.00. The van der Waals surface area contributed by atoms with Gasteiger partial charge < -0.3 is 24.8 Å². The van der Waals surface area contributed by atoms with Gasteiger partial charge in [-0.3, -0.25) is 4.79 Å². The molecule has 6 rings (SSSR count). The minimum atomic E-state index is -1.18. The molecule has 3 heterocycles. The van der Waals surface area contributed by atoms with Crippen molar-refractivity contribution < 1.29 is 33.4 Å². The molecule has 4 aliphatic rings. The minimum absolute atomic E-state index is 0.0172. The average molecular weight is 597 g/mol. The second kappa shape index (κ2) is 11.2. The highest BCUT2D eigenvalue weighted by molar-refractivity contribution is 5.90. The first-order valence-electron chi connectivity index (χ1n) is 15.5. The lowest BCUT2D eigenvalue weighted by Crippen LogP contribution is -2.57. The number of halogens is 1. The van der Waals surface area contributed by atoms with Gasteiger partial charge in [0.05, 0.1) is 17.6 Å². The van der Waals surface area contributed by atoms with Crippen molar-refractivity contribution in [3.63, 3.8) is 0 Å². The van der Waals surface area contributed by atoms with Crippen molar-refractivity contribution >= 4 is 29.0 Å². The summed E-state index contributed by atoms with van der Waals surface area (Å²) in [4.78, 5) is 50.5. The van der Waals surface area contributed by atoms with E-state index in [2.05, 4.69) is 10.3 Å². The lowest BCUT2D eigenvalue weighted by molar-refractivity contribution is -0.151. The highest BCUT2D eigenvalue weighted by Gasteiger charge is 2.55. The van der Waals surface area contributed by atoms with Crippen LogP contribution in [0.25, 0.3) is 11.0 Å². The maximum absolute atomic E-state index is 14.1. The first kappa shape index (κ1) is 29.6. The van der Waals surface area contributed by atoms with Gasteiger partial charge in [0.25, 0.3) is 0 Å². The number of hydrogen-bond donors (Lipinski definition) is 2. The predicted octanol–water partition coefficient (Wildman–Crippen LogP) is 4.73. The minimum Gasteiger partial charge on any atom is -0.480 e. The Morgan fingerprint density at radius 1 is 1.05 bits per heavy atom. The van der Waals surface area contributed by atoms with E-state index in [1.54, 1.807) is 13.0 Å². The van der Waals surface area contributed by atoms with E-state index in [4.69, 9.17) is 14.5 Å². The molecule has 1 aromatic heterocycles. The number of hydrogen-bond acceptors (Lipinski definition) is 7. The van der Waals surface area contributed by atoms with E-state index < -0.39 is 53.3 Å². The fourth-order valence-corrected chi connectivity index (χ4v) is 7.44. The van der Waals surface area contributed by atoms with Gasteiger partial charge in [0, 0.05) is 12.0 Å². The monoisotopic (exact) mass is 596 g/mol. The summed E-state index contributed by atoms with van der Waals surface area (Å²) in [5, 5.41) is 13.0. The number of carboxylic acid groups (broad SMARTS) is 1. The Hall–Kier alpha value is -3.50. The standard InChI is InChI=1S/C32H41FN4O6/c1-16-25-15-37(26(16)30(39)40)29(38)27(32(2,3)4)36-31(41)43-24-13-17-12-20(17)19(24)8-6-5-7-9-22-28(42-25)35-23-14-18(33)10-11-21(23)34-22/h10-11,14,16-17,19-20,24-27H,5-9,12-13,15H2,1-4H3,(H,36,41)(H,39,40)/t16-,17?,19-,20+,24-,25+,26+,27-/m1/s1. The number of aliphatic carboxylic acids is 1. The molecule has 8 atom stereocenters. The number of carboxylic acids is 1. The van der Waals surface area contributed by atoms with Gasteiger partial charge >= 0.3 is 12.1 Å². The van der Waals surface area contributed by atoms with E-state index in [0.29, 0.717) is 40.9 Å². The van der Waals surface area contributed by atoms with Crippen LogP contribution < -0.4 is 10.1 Å². The van der Waals surface area contributed by atoms with Crippen LogP contribution in [0.1, 0.15) is 71.9 Å². The number of nitrogens with zero attached hydrogens (tertiary/aromatic N) is 3. The van der Waals surface area contributed by atoms with Crippen LogP contribution in [0.5, 0.6) is 5.88 Å². The summed E-state index contributed by atoms with van der Waals surface area (Å²) in [5.41, 5.74) is 0.810. The molecule has 0 radical (unpaired) electrons. The molecule has 3 fully saturated rings. The molecule has 2 aromatic rings. The molecule has 1 saturated heterocycles. The van der Waals surface area contributed by atoms with E-state index in [0.717, 1.165) is 32.1 Å². The first-order chi connectivity index (χ1) is 20.4. The van der Waals surface area contributed by atoms with Gasteiger partial charge in [-0.25, -0.2) is 23.9 Å². The highest BCUT2D eigenvalue weighted by Crippen LogP contribution is 2.57. The summed E-state index contributed by atoms with van der Waals surface area (Å²) < 4.78 is 26.4. The van der Waals surface area contributed by atoms with E-state index in [-0.39, 0.29) is 18.5 Å². The van der Waals surface area contributed by atoms with Crippen LogP contribution in [-0.4, -0.2) is 68.8 Å². The normalized spacial score (nSPS) is 33.3. The zero-order valence-corrected chi connectivity index (χ0v) is 25.2. The third-order valence-electron chi connectivity index (χ3n) is 9.88. The van der Waals surface area contributed by atoms with Crippen LogP contribution in [0, 0.1) is 34.9 Å². The van der Waals surface area contributed by atoms with Crippen LogP contribution in [0.2, 0.25) is 0 Å². The summed E-state index contributed by atoms with van der Waals surface area (Å²) in [7, 11) is 0. The Kier molecular flexibility index (Phi) is 7.71. The molecular formula is C32H41FN4O6. The van der Waals surface area contributed by atoms with Crippen molar-refractivity contribution in [1.82, 2.24) is 20.2 Å². The van der Waals surface area contributed by atoms with Crippen molar-refractivity contribution in [3.8, 4) is 5.88 Å². The smallest absolute Gasteiger partial charge is 0.408 e. The SMILES string of the molecule is C[C@@H]1[C@@H]2CN(C(=O)[C@H](C(C)(C)C)NC(=O)O[C@@H]3CC4C[C@@H]4[C@H]3CCCCCc3nc4ccc(F)cc4nc3O2)[C@@H]1C(=O)O. The molecule has 2 aliphatic heterocycles. The van der Waals surface area contributed by atoms with E-state index >= 15 is 0 Å². The van der Waals surface area contributed by atoms with Gasteiger partial charge in [-0.2, -0.15) is 0 Å². The first-order valence-corrected chi connectivity index (χ1v) is 15.5. The second-order valence-electron chi connectivity index (χ2n) is 13.9. The van der Waals surface area contributed by atoms with Gasteiger partial charge in [-0.1, -0.05) is 40.5 Å². The molecule has 2 N–H and O–H groups in total. The fraction of sp³-hybridized carbons (Fsp3) is 0.656. The molecular weight excluding hydrogens is 555 g/mol. The summed E-state index contributed by atoms with van der Waals surface area (Å²) in [6.07, 6.45) is 4.80. The largest absolute Gasteiger partial charge is 0.480 e. The van der Waals surface area contributed by atoms with Crippen molar-refractivity contribution in [3.05, 3.63) is 29.7 Å². The van der Waals surface area contributed by atoms with Gasteiger partial charge in [-0.15, -0.1) is 0 Å². The lowest BCUT2D eigenvalue weighted by Gasteiger charge is -2.35. The quantitative estimate of drug-likeness (QED) is 0.483. The highest BCUT2D eigenvalue weighted by atomic mass is 19.1. The zero-order chi connectivity index (χ0) is 30.6. The van der Waals surface area contributed by atoms with E-state index in [1.807, 2.05) is 20.8 Å². The van der Waals surface area contributed by atoms with Crippen molar-refractivity contribution in [2.24, 2.45) is 29.1 Å². The van der Waals surface area contributed by atoms with Crippen molar-refractivity contribution in [2.45, 2.75) is 96.9 Å². The zero-order valence-electron chi connectivity index (χ0n) is 25.2. The third kappa shape index (κ3) is 5.87. The third-order valence-corrected chi connectivity index (χ3v) is 9.88. The number of nitrogens with one attached hydrogen (secondary N) is 1.